The van der Waals surface area contributed by atoms with Crippen molar-refractivity contribution in [3.63, 3.8) is 0 Å². The minimum Gasteiger partial charge on any atom is -0.450 e. The molecule has 0 saturated heterocycles. The molecule has 2 aromatic carbocycles. The number of ether oxygens (including phenoxy) is 1. The van der Waals surface area contributed by atoms with Crippen molar-refractivity contribution in [3.05, 3.63) is 41.4 Å². The van der Waals surface area contributed by atoms with Gasteiger partial charge in [-0.1, -0.05) is 11.6 Å². The van der Waals surface area contributed by atoms with Crippen LogP contribution < -0.4 is 16.0 Å². The Morgan fingerprint density at radius 2 is 1.94 bits per heavy atom. The number of azo groups is 1. The molecule has 0 aliphatic rings. The van der Waals surface area contributed by atoms with Crippen LogP contribution in [-0.2, 0) is 14.3 Å². The van der Waals surface area contributed by atoms with Gasteiger partial charge in [-0.2, -0.15) is 5.26 Å². The lowest BCUT2D eigenvalue weighted by molar-refractivity contribution is -0.142. The average Bonchev–Trinajstić information content (AvgIpc) is 2.72. The molecule has 9 nitrogen and oxygen atoms in total. The number of halogens is 1. The lowest BCUT2D eigenvalue weighted by Gasteiger charge is -2.23. The molecule has 2 aromatic rings. The van der Waals surface area contributed by atoms with E-state index >= 15 is 0 Å². The quantitative estimate of drug-likeness (QED) is 0.331. The maximum atomic E-state index is 11.7. The number of carbonyl (C=O) groups excluding carboxylic acids is 2. The Kier molecular flexibility index (Phi) is 8.78. The van der Waals surface area contributed by atoms with E-state index in [0.29, 0.717) is 40.9 Å². The molecule has 0 saturated carbocycles. The monoisotopic (exact) mass is 442 g/mol. The highest BCUT2D eigenvalue weighted by atomic mass is 35.5. The SMILES string of the molecule is CCN(CCC(=O)OCC#N)c1ccc(/N=N/c2ccc(N)cc2Cl)c(NC(C)=O)c1. The summed E-state index contributed by atoms with van der Waals surface area (Å²) >= 11 is 6.13. The maximum absolute atomic E-state index is 11.7. The molecule has 0 aliphatic carbocycles. The van der Waals surface area contributed by atoms with Crippen LogP contribution in [-0.4, -0.2) is 31.6 Å². The van der Waals surface area contributed by atoms with Gasteiger partial charge in [0.15, 0.2) is 6.61 Å². The molecule has 1 amide bonds. The summed E-state index contributed by atoms with van der Waals surface area (Å²) in [7, 11) is 0. The molecule has 0 bridgehead atoms. The van der Waals surface area contributed by atoms with E-state index in [-0.39, 0.29) is 18.9 Å². The molecule has 2 rings (SSSR count). The van der Waals surface area contributed by atoms with Gasteiger partial charge < -0.3 is 20.7 Å². The summed E-state index contributed by atoms with van der Waals surface area (Å²) in [6, 6.07) is 11.9. The number of carbonyl (C=O) groups is 2. The third kappa shape index (κ3) is 7.28. The molecule has 10 heteroatoms. The minimum absolute atomic E-state index is 0.127. The number of nitriles is 1. The molecule has 162 valence electrons. The fourth-order valence-electron chi connectivity index (χ4n) is 2.69. The van der Waals surface area contributed by atoms with Gasteiger partial charge in [0.05, 0.1) is 17.1 Å². The van der Waals surface area contributed by atoms with Crippen LogP contribution in [0.2, 0.25) is 5.02 Å². The minimum atomic E-state index is -0.451. The van der Waals surface area contributed by atoms with Crippen LogP contribution in [0, 0.1) is 11.3 Å². The van der Waals surface area contributed by atoms with E-state index in [1.807, 2.05) is 17.9 Å². The van der Waals surface area contributed by atoms with E-state index in [9.17, 15) is 9.59 Å². The van der Waals surface area contributed by atoms with Crippen molar-refractivity contribution in [2.24, 2.45) is 10.2 Å². The first kappa shape index (κ1) is 23.6. The predicted octanol–water partition coefficient (Wildman–Crippen LogP) is 4.58. The Bertz CT molecular complexity index is 1020. The Labute approximate surface area is 185 Å². The van der Waals surface area contributed by atoms with Crippen LogP contribution in [0.15, 0.2) is 46.6 Å². The molecule has 0 fully saturated rings. The molecule has 3 N–H and O–H groups in total. The topological polar surface area (TPSA) is 133 Å². The van der Waals surface area contributed by atoms with Crippen LogP contribution in [0.4, 0.5) is 28.4 Å². The summed E-state index contributed by atoms with van der Waals surface area (Å²) in [4.78, 5) is 25.3. The molecular weight excluding hydrogens is 420 g/mol. The Hall–Kier alpha value is -3.64. The van der Waals surface area contributed by atoms with Gasteiger partial charge in [0.1, 0.15) is 17.4 Å². The van der Waals surface area contributed by atoms with Crippen molar-refractivity contribution < 1.29 is 14.3 Å². The molecule has 31 heavy (non-hydrogen) atoms. The first-order valence-electron chi connectivity index (χ1n) is 9.50. The zero-order valence-electron chi connectivity index (χ0n) is 17.3. The number of hydrogen-bond acceptors (Lipinski definition) is 8. The Balaban J connectivity index is 2.25. The van der Waals surface area contributed by atoms with Gasteiger partial charge in [0, 0.05) is 31.4 Å². The first-order chi connectivity index (χ1) is 14.8. The number of nitrogens with two attached hydrogens (primary N) is 1. The van der Waals surface area contributed by atoms with Crippen LogP contribution >= 0.6 is 11.6 Å². The number of nitrogens with one attached hydrogen (secondary N) is 1. The largest absolute Gasteiger partial charge is 0.450 e. The average molecular weight is 443 g/mol. The van der Waals surface area contributed by atoms with Crippen molar-refractivity contribution in [2.45, 2.75) is 20.3 Å². The van der Waals surface area contributed by atoms with Gasteiger partial charge in [0.2, 0.25) is 5.91 Å². The van der Waals surface area contributed by atoms with Crippen LogP contribution in [0.25, 0.3) is 0 Å². The van der Waals surface area contributed by atoms with Crippen LogP contribution in [0.5, 0.6) is 0 Å². The third-order valence-corrected chi connectivity index (χ3v) is 4.46. The summed E-state index contributed by atoms with van der Waals surface area (Å²) in [6.45, 7) is 4.08. The van der Waals surface area contributed by atoms with E-state index in [1.54, 1.807) is 36.4 Å². The van der Waals surface area contributed by atoms with Crippen LogP contribution in [0.3, 0.4) is 0 Å². The summed E-state index contributed by atoms with van der Waals surface area (Å²) in [5.41, 5.74) is 8.33. The van der Waals surface area contributed by atoms with Crippen molar-refractivity contribution in [1.29, 1.82) is 5.26 Å². The van der Waals surface area contributed by atoms with Gasteiger partial charge >= 0.3 is 5.97 Å². The Morgan fingerprint density at radius 3 is 2.58 bits per heavy atom. The van der Waals surface area contributed by atoms with Crippen molar-refractivity contribution in [2.75, 3.05) is 35.6 Å². The molecule has 0 radical (unpaired) electrons. The number of nitrogens with zero attached hydrogens (tertiary/aromatic N) is 4. The second-order valence-electron chi connectivity index (χ2n) is 6.44. The summed E-state index contributed by atoms with van der Waals surface area (Å²) < 4.78 is 4.78. The zero-order valence-corrected chi connectivity index (χ0v) is 18.0. The molecule has 0 aromatic heterocycles. The first-order valence-corrected chi connectivity index (χ1v) is 9.87. The lowest BCUT2D eigenvalue weighted by atomic mass is 10.2. The second kappa shape index (κ2) is 11.5. The molecule has 0 heterocycles. The number of esters is 1. The maximum Gasteiger partial charge on any atom is 0.308 e. The van der Waals surface area contributed by atoms with Gasteiger partial charge in [-0.3, -0.25) is 9.59 Å². The van der Waals surface area contributed by atoms with E-state index in [0.717, 1.165) is 5.69 Å². The second-order valence-corrected chi connectivity index (χ2v) is 6.85. The van der Waals surface area contributed by atoms with Crippen molar-refractivity contribution in [3.8, 4) is 6.07 Å². The van der Waals surface area contributed by atoms with Gasteiger partial charge in [0.25, 0.3) is 0 Å². The van der Waals surface area contributed by atoms with E-state index < -0.39 is 5.97 Å². The number of amides is 1. The lowest BCUT2D eigenvalue weighted by Crippen LogP contribution is -2.26. The fourth-order valence-corrected chi connectivity index (χ4v) is 2.92. The predicted molar refractivity (Wildman–Crippen MR) is 120 cm³/mol. The van der Waals surface area contributed by atoms with Crippen molar-refractivity contribution in [1.82, 2.24) is 0 Å². The number of nitrogen functional groups attached to an aromatic ring is 1. The molecule has 0 atom stereocenters. The normalized spacial score (nSPS) is 10.5. The summed E-state index contributed by atoms with van der Waals surface area (Å²) in [5.74, 6) is -0.713. The number of rotatable bonds is 9. The van der Waals surface area contributed by atoms with E-state index in [1.165, 1.54) is 6.92 Å². The standard InChI is InChI=1S/C21H23ClN6O3/c1-3-28(10-8-21(30)31-11-9-23)16-5-7-19(20(13-16)25-14(2)29)27-26-18-6-4-15(24)12-17(18)22/h4-7,12-13H,3,8,10-11,24H2,1-2H3,(H,25,29)/b27-26+. The number of anilines is 3. The van der Waals surface area contributed by atoms with E-state index in [2.05, 4.69) is 15.5 Å². The summed E-state index contributed by atoms with van der Waals surface area (Å²) in [5, 5.41) is 20.0. The Morgan fingerprint density at radius 1 is 1.23 bits per heavy atom. The highest BCUT2D eigenvalue weighted by Gasteiger charge is 2.12. The number of benzene rings is 2. The highest BCUT2D eigenvalue weighted by molar-refractivity contribution is 6.33. The van der Waals surface area contributed by atoms with Crippen molar-refractivity contribution >= 4 is 51.9 Å². The van der Waals surface area contributed by atoms with E-state index in [4.69, 9.17) is 27.3 Å². The smallest absolute Gasteiger partial charge is 0.308 e. The fraction of sp³-hybridized carbons (Fsp3) is 0.286. The molecular formula is C21H23ClN6O3. The number of hydrogen-bond donors (Lipinski definition) is 2. The third-order valence-electron chi connectivity index (χ3n) is 4.16. The van der Waals surface area contributed by atoms with Gasteiger partial charge in [-0.25, -0.2) is 0 Å². The molecule has 0 spiro atoms. The molecule has 0 aliphatic heterocycles. The highest BCUT2D eigenvalue weighted by Crippen LogP contribution is 2.33. The summed E-state index contributed by atoms with van der Waals surface area (Å²) in [6.07, 6.45) is 0.127. The molecule has 0 unspecified atom stereocenters. The zero-order chi connectivity index (χ0) is 22.8. The van der Waals surface area contributed by atoms with Gasteiger partial charge in [-0.05, 0) is 43.3 Å². The van der Waals surface area contributed by atoms with Crippen LogP contribution in [0.1, 0.15) is 20.3 Å². The van der Waals surface area contributed by atoms with Gasteiger partial charge in [-0.15, -0.1) is 10.2 Å².